The second kappa shape index (κ2) is 4.81. The van der Waals surface area contributed by atoms with E-state index in [1.54, 1.807) is 0 Å². The number of rotatable bonds is 3. The molecule has 1 N–H and O–H groups in total. The Bertz CT molecular complexity index is 204. The molecule has 0 aliphatic carbocycles. The van der Waals surface area contributed by atoms with E-state index < -0.39 is 0 Å². The quantitative estimate of drug-likeness (QED) is 0.758. The molecule has 15 heavy (non-hydrogen) atoms. The number of nitrogens with one attached hydrogen (secondary N) is 1. The molecular formula is C12H24N2O. The Kier molecular flexibility index (Phi) is 3.65. The standard InChI is InChI=1S/C12H24N2O/c1-12(15-2)5-3-7-14(10-12)9-11-4-6-13-8-11/h11,13H,3-10H2,1-2H3. The number of hydrogen-bond donors (Lipinski definition) is 1. The fraction of sp³-hybridized carbons (Fsp3) is 1.00. The molecule has 0 saturated carbocycles. The Balaban J connectivity index is 1.81. The first-order valence-corrected chi connectivity index (χ1v) is 6.20. The summed E-state index contributed by atoms with van der Waals surface area (Å²) in [7, 11) is 1.85. The third kappa shape index (κ3) is 2.92. The van der Waals surface area contributed by atoms with E-state index in [-0.39, 0.29) is 5.60 Å². The predicted octanol–water partition coefficient (Wildman–Crippen LogP) is 1.10. The van der Waals surface area contributed by atoms with E-state index >= 15 is 0 Å². The van der Waals surface area contributed by atoms with Gasteiger partial charge in [-0.05, 0) is 51.7 Å². The summed E-state index contributed by atoms with van der Waals surface area (Å²) < 4.78 is 5.62. The number of ether oxygens (including phenoxy) is 1. The summed E-state index contributed by atoms with van der Waals surface area (Å²) in [6.07, 6.45) is 3.84. The molecule has 2 fully saturated rings. The molecule has 2 rings (SSSR count). The summed E-state index contributed by atoms with van der Waals surface area (Å²) in [5.74, 6) is 0.865. The van der Waals surface area contributed by atoms with Crippen molar-refractivity contribution >= 4 is 0 Å². The van der Waals surface area contributed by atoms with E-state index in [1.165, 1.54) is 45.4 Å². The zero-order valence-corrected chi connectivity index (χ0v) is 10.1. The lowest BCUT2D eigenvalue weighted by Crippen LogP contribution is -2.48. The third-order valence-electron chi connectivity index (χ3n) is 3.91. The first-order valence-electron chi connectivity index (χ1n) is 6.20. The van der Waals surface area contributed by atoms with Crippen molar-refractivity contribution in [1.82, 2.24) is 10.2 Å². The molecule has 2 saturated heterocycles. The van der Waals surface area contributed by atoms with Crippen LogP contribution in [0.5, 0.6) is 0 Å². The van der Waals surface area contributed by atoms with Crippen LogP contribution in [0.4, 0.5) is 0 Å². The average molecular weight is 212 g/mol. The molecule has 0 aromatic carbocycles. The van der Waals surface area contributed by atoms with Gasteiger partial charge in [-0.2, -0.15) is 0 Å². The molecule has 0 amide bonds. The van der Waals surface area contributed by atoms with Crippen molar-refractivity contribution in [2.75, 3.05) is 39.8 Å². The topological polar surface area (TPSA) is 24.5 Å². The zero-order chi connectivity index (χ0) is 10.7. The lowest BCUT2D eigenvalue weighted by atomic mass is 9.94. The Hall–Kier alpha value is -0.120. The molecule has 2 aliphatic heterocycles. The van der Waals surface area contributed by atoms with Crippen LogP contribution in [0.3, 0.4) is 0 Å². The molecule has 3 nitrogen and oxygen atoms in total. The summed E-state index contributed by atoms with van der Waals surface area (Å²) in [5.41, 5.74) is 0.101. The molecule has 2 unspecified atom stereocenters. The summed E-state index contributed by atoms with van der Waals surface area (Å²) in [5, 5.41) is 3.44. The van der Waals surface area contributed by atoms with Crippen LogP contribution in [0.2, 0.25) is 0 Å². The second-order valence-electron chi connectivity index (χ2n) is 5.35. The number of hydrogen-bond acceptors (Lipinski definition) is 3. The number of piperidine rings is 1. The normalized spacial score (nSPS) is 38.4. The lowest BCUT2D eigenvalue weighted by molar-refractivity contribution is -0.0531. The minimum Gasteiger partial charge on any atom is -0.377 e. The van der Waals surface area contributed by atoms with Crippen LogP contribution in [0.25, 0.3) is 0 Å². The SMILES string of the molecule is COC1(C)CCCN(CC2CCNC2)C1. The van der Waals surface area contributed by atoms with Crippen molar-refractivity contribution in [1.29, 1.82) is 0 Å². The molecule has 88 valence electrons. The molecule has 0 bridgehead atoms. The van der Waals surface area contributed by atoms with E-state index in [2.05, 4.69) is 17.1 Å². The Morgan fingerprint density at radius 3 is 3.07 bits per heavy atom. The van der Waals surface area contributed by atoms with E-state index in [0.29, 0.717) is 0 Å². The fourth-order valence-corrected chi connectivity index (χ4v) is 2.87. The van der Waals surface area contributed by atoms with Gasteiger partial charge in [0.15, 0.2) is 0 Å². The second-order valence-corrected chi connectivity index (χ2v) is 5.35. The van der Waals surface area contributed by atoms with Gasteiger partial charge in [-0.1, -0.05) is 0 Å². The summed E-state index contributed by atoms with van der Waals surface area (Å²) >= 11 is 0. The number of likely N-dealkylation sites (tertiary alicyclic amines) is 1. The van der Waals surface area contributed by atoms with Crippen LogP contribution in [-0.2, 0) is 4.74 Å². The highest BCUT2D eigenvalue weighted by molar-refractivity contribution is 4.86. The first kappa shape index (κ1) is 11.4. The fourth-order valence-electron chi connectivity index (χ4n) is 2.87. The monoisotopic (exact) mass is 212 g/mol. The molecule has 3 heteroatoms. The molecule has 0 spiro atoms. The van der Waals surface area contributed by atoms with Gasteiger partial charge in [0.1, 0.15) is 0 Å². The Morgan fingerprint density at radius 1 is 1.53 bits per heavy atom. The van der Waals surface area contributed by atoms with Crippen molar-refractivity contribution in [2.24, 2.45) is 5.92 Å². The van der Waals surface area contributed by atoms with E-state index in [9.17, 15) is 0 Å². The molecule has 2 aliphatic rings. The maximum atomic E-state index is 5.62. The highest BCUT2D eigenvalue weighted by atomic mass is 16.5. The van der Waals surface area contributed by atoms with Crippen LogP contribution in [0.1, 0.15) is 26.2 Å². The van der Waals surface area contributed by atoms with Crippen molar-refractivity contribution < 1.29 is 4.74 Å². The molecule has 0 aromatic heterocycles. The Labute approximate surface area is 93.2 Å². The minimum atomic E-state index is 0.101. The van der Waals surface area contributed by atoms with Crippen LogP contribution < -0.4 is 5.32 Å². The van der Waals surface area contributed by atoms with Gasteiger partial charge in [0.2, 0.25) is 0 Å². The predicted molar refractivity (Wildman–Crippen MR) is 62.1 cm³/mol. The van der Waals surface area contributed by atoms with Gasteiger partial charge >= 0.3 is 0 Å². The zero-order valence-electron chi connectivity index (χ0n) is 10.1. The van der Waals surface area contributed by atoms with Crippen molar-refractivity contribution in [3.63, 3.8) is 0 Å². The smallest absolute Gasteiger partial charge is 0.0777 e. The Morgan fingerprint density at radius 2 is 2.40 bits per heavy atom. The number of methoxy groups -OCH3 is 1. The molecule has 0 aromatic rings. The molecular weight excluding hydrogens is 188 g/mol. The highest BCUT2D eigenvalue weighted by Crippen LogP contribution is 2.25. The van der Waals surface area contributed by atoms with E-state index in [4.69, 9.17) is 4.74 Å². The van der Waals surface area contributed by atoms with E-state index in [0.717, 1.165) is 12.5 Å². The van der Waals surface area contributed by atoms with Crippen molar-refractivity contribution in [3.05, 3.63) is 0 Å². The van der Waals surface area contributed by atoms with Gasteiger partial charge < -0.3 is 15.0 Å². The van der Waals surface area contributed by atoms with Crippen molar-refractivity contribution in [3.8, 4) is 0 Å². The van der Waals surface area contributed by atoms with Crippen molar-refractivity contribution in [2.45, 2.75) is 31.8 Å². The largest absolute Gasteiger partial charge is 0.377 e. The summed E-state index contributed by atoms with van der Waals surface area (Å²) in [6, 6.07) is 0. The van der Waals surface area contributed by atoms with Gasteiger partial charge in [-0.15, -0.1) is 0 Å². The lowest BCUT2D eigenvalue weighted by Gasteiger charge is -2.40. The van der Waals surface area contributed by atoms with Gasteiger partial charge in [-0.25, -0.2) is 0 Å². The maximum absolute atomic E-state index is 5.62. The van der Waals surface area contributed by atoms with Crippen LogP contribution in [0.15, 0.2) is 0 Å². The average Bonchev–Trinajstić information content (AvgIpc) is 2.71. The summed E-state index contributed by atoms with van der Waals surface area (Å²) in [6.45, 7) is 8.29. The minimum absolute atomic E-state index is 0.101. The van der Waals surface area contributed by atoms with Crippen LogP contribution in [-0.4, -0.2) is 50.3 Å². The molecule has 2 atom stereocenters. The van der Waals surface area contributed by atoms with Gasteiger partial charge in [-0.3, -0.25) is 0 Å². The van der Waals surface area contributed by atoms with Gasteiger partial charge in [0.25, 0.3) is 0 Å². The third-order valence-corrected chi connectivity index (χ3v) is 3.91. The van der Waals surface area contributed by atoms with Crippen LogP contribution in [0, 0.1) is 5.92 Å². The van der Waals surface area contributed by atoms with Crippen LogP contribution >= 0.6 is 0 Å². The molecule has 2 heterocycles. The van der Waals surface area contributed by atoms with E-state index in [1.807, 2.05) is 7.11 Å². The summed E-state index contributed by atoms with van der Waals surface area (Å²) in [4.78, 5) is 2.59. The maximum Gasteiger partial charge on any atom is 0.0777 e. The van der Waals surface area contributed by atoms with Gasteiger partial charge in [0, 0.05) is 20.2 Å². The molecule has 0 radical (unpaired) electrons. The highest BCUT2D eigenvalue weighted by Gasteiger charge is 2.31. The van der Waals surface area contributed by atoms with Gasteiger partial charge in [0.05, 0.1) is 5.60 Å². The number of nitrogens with zero attached hydrogens (tertiary/aromatic N) is 1. The first-order chi connectivity index (χ1) is 7.22.